The molecule has 3 aromatic rings. The lowest BCUT2D eigenvalue weighted by molar-refractivity contribution is -0.164. The van der Waals surface area contributed by atoms with Gasteiger partial charge in [-0.3, -0.25) is 10.1 Å². The highest BCUT2D eigenvalue weighted by Crippen LogP contribution is 2.37. The molecule has 3 rings (SSSR count). The largest absolute Gasteiger partial charge is 0.497 e. The van der Waals surface area contributed by atoms with E-state index in [-0.39, 0.29) is 17.9 Å². The summed E-state index contributed by atoms with van der Waals surface area (Å²) < 4.78 is 57.4. The van der Waals surface area contributed by atoms with Gasteiger partial charge in [0.1, 0.15) is 29.0 Å². The molecule has 162 valence electrons. The van der Waals surface area contributed by atoms with Crippen LogP contribution in [0.5, 0.6) is 5.75 Å². The molecule has 8 heteroatoms. The van der Waals surface area contributed by atoms with Crippen molar-refractivity contribution in [1.29, 1.82) is 0 Å². The monoisotopic (exact) mass is 423 g/mol. The number of rotatable bonds is 7. The maximum atomic E-state index is 13.9. The van der Waals surface area contributed by atoms with Crippen LogP contribution in [0, 0.1) is 5.92 Å². The average Bonchev–Trinajstić information content (AvgIpc) is 3.05. The number of fused-ring (bicyclic) bond motifs is 3. The summed E-state index contributed by atoms with van der Waals surface area (Å²) in [5.74, 6) is -0.100. The number of alkyl halides is 3. The fourth-order valence-corrected chi connectivity index (χ4v) is 3.51. The van der Waals surface area contributed by atoms with E-state index in [1.54, 1.807) is 24.3 Å². The third kappa shape index (κ3) is 4.53. The Morgan fingerprint density at radius 1 is 1.07 bits per heavy atom. The van der Waals surface area contributed by atoms with Crippen molar-refractivity contribution in [2.75, 3.05) is 14.2 Å². The lowest BCUT2D eigenvalue weighted by atomic mass is 9.99. The first-order valence-corrected chi connectivity index (χ1v) is 9.54. The molecule has 1 N–H and O–H groups in total. The lowest BCUT2D eigenvalue weighted by Gasteiger charge is -2.27. The number of methoxy groups -OCH3 is 2. The Kier molecular flexibility index (Phi) is 6.26. The van der Waals surface area contributed by atoms with Crippen molar-refractivity contribution in [3.05, 3.63) is 42.0 Å². The molecule has 1 aromatic heterocycles. The van der Waals surface area contributed by atoms with Crippen LogP contribution in [0.3, 0.4) is 0 Å². The maximum Gasteiger partial charge on any atom is 0.407 e. The average molecular weight is 423 g/mol. The molecule has 1 heterocycles. The molecule has 0 radical (unpaired) electrons. The van der Waals surface area contributed by atoms with Gasteiger partial charge in [-0.1, -0.05) is 26.0 Å². The van der Waals surface area contributed by atoms with Gasteiger partial charge in [-0.05, 0) is 42.2 Å². The van der Waals surface area contributed by atoms with Crippen molar-refractivity contribution in [2.24, 2.45) is 5.92 Å². The molecule has 0 saturated heterocycles. The summed E-state index contributed by atoms with van der Waals surface area (Å²) >= 11 is 0. The van der Waals surface area contributed by atoms with Gasteiger partial charge in [0.15, 0.2) is 0 Å². The van der Waals surface area contributed by atoms with E-state index in [0.29, 0.717) is 22.3 Å². The van der Waals surface area contributed by atoms with Crippen molar-refractivity contribution in [2.45, 2.75) is 38.5 Å². The molecule has 2 aromatic carbocycles. The normalized spacial score (nSPS) is 14.3. The van der Waals surface area contributed by atoms with Crippen LogP contribution in [0.15, 0.2) is 40.8 Å². The van der Waals surface area contributed by atoms with Gasteiger partial charge in [0.2, 0.25) is 0 Å². The second kappa shape index (κ2) is 8.55. The number of benzene rings is 2. The molecule has 0 bridgehead atoms. The van der Waals surface area contributed by atoms with E-state index in [4.69, 9.17) is 13.9 Å². The van der Waals surface area contributed by atoms with Crippen LogP contribution in [0.25, 0.3) is 21.9 Å². The van der Waals surface area contributed by atoms with Crippen LogP contribution < -0.4 is 10.1 Å². The Bertz CT molecular complexity index is 1040. The molecular formula is C22H24F3NO4. The summed E-state index contributed by atoms with van der Waals surface area (Å²) in [6, 6.07) is 6.41. The van der Waals surface area contributed by atoms with Crippen LogP contribution >= 0.6 is 0 Å². The Morgan fingerprint density at radius 2 is 1.80 bits per heavy atom. The topological polar surface area (TPSA) is 60.7 Å². The standard InChI is InChI=1S/C22H24F3NO4/c1-12(2)9-17(21(27)29-4)26-20(22(23,24)25)13-5-7-15-16-11-14(28-3)6-8-18(16)30-19(15)10-13/h5-8,10-12,17,20,26H,9H2,1-4H3/t17-,20?/m0/s1. The summed E-state index contributed by atoms with van der Waals surface area (Å²) in [5, 5.41) is 3.88. The summed E-state index contributed by atoms with van der Waals surface area (Å²) in [5.41, 5.74) is 0.829. The van der Waals surface area contributed by atoms with E-state index in [9.17, 15) is 18.0 Å². The molecule has 0 amide bonds. The highest BCUT2D eigenvalue weighted by Gasteiger charge is 2.43. The third-order valence-electron chi connectivity index (χ3n) is 4.92. The third-order valence-corrected chi connectivity index (χ3v) is 4.92. The Hall–Kier alpha value is -2.74. The summed E-state index contributed by atoms with van der Waals surface area (Å²) in [4.78, 5) is 12.0. The zero-order valence-electron chi connectivity index (χ0n) is 17.2. The summed E-state index contributed by atoms with van der Waals surface area (Å²) in [6.07, 6.45) is -4.40. The number of hydrogen-bond acceptors (Lipinski definition) is 5. The molecule has 2 atom stereocenters. The van der Waals surface area contributed by atoms with E-state index in [2.05, 4.69) is 5.32 Å². The first kappa shape index (κ1) is 22.0. The number of carbonyl (C=O) groups is 1. The predicted octanol–water partition coefficient (Wildman–Crippen LogP) is 5.38. The molecular weight excluding hydrogens is 399 g/mol. The second-order valence-electron chi connectivity index (χ2n) is 7.57. The fraction of sp³-hybridized carbons (Fsp3) is 0.409. The smallest absolute Gasteiger partial charge is 0.407 e. The molecule has 0 fully saturated rings. The van der Waals surface area contributed by atoms with Crippen LogP contribution in [0.2, 0.25) is 0 Å². The van der Waals surface area contributed by atoms with E-state index in [0.717, 1.165) is 12.5 Å². The number of furan rings is 1. The van der Waals surface area contributed by atoms with E-state index in [1.165, 1.54) is 19.2 Å². The van der Waals surface area contributed by atoms with Gasteiger partial charge < -0.3 is 13.9 Å². The van der Waals surface area contributed by atoms with Gasteiger partial charge in [0.05, 0.1) is 14.2 Å². The van der Waals surface area contributed by atoms with E-state index in [1.807, 2.05) is 13.8 Å². The molecule has 0 aliphatic rings. The zero-order valence-corrected chi connectivity index (χ0v) is 17.2. The van der Waals surface area contributed by atoms with Crippen LogP contribution in [-0.4, -0.2) is 32.4 Å². The molecule has 0 saturated carbocycles. The minimum atomic E-state index is -4.62. The van der Waals surface area contributed by atoms with Gasteiger partial charge >= 0.3 is 12.1 Å². The lowest BCUT2D eigenvalue weighted by Crippen LogP contribution is -2.45. The van der Waals surface area contributed by atoms with Crippen molar-refractivity contribution >= 4 is 27.9 Å². The van der Waals surface area contributed by atoms with Gasteiger partial charge in [-0.2, -0.15) is 13.2 Å². The first-order valence-electron chi connectivity index (χ1n) is 9.54. The summed E-state index contributed by atoms with van der Waals surface area (Å²) in [7, 11) is 2.70. The number of ether oxygens (including phenoxy) is 2. The Morgan fingerprint density at radius 3 is 2.40 bits per heavy atom. The van der Waals surface area contributed by atoms with Gasteiger partial charge in [0, 0.05) is 10.8 Å². The molecule has 1 unspecified atom stereocenters. The van der Waals surface area contributed by atoms with Crippen LogP contribution in [0.4, 0.5) is 13.2 Å². The molecule has 0 spiro atoms. The van der Waals surface area contributed by atoms with Crippen molar-refractivity contribution in [1.82, 2.24) is 5.32 Å². The zero-order chi connectivity index (χ0) is 22.1. The van der Waals surface area contributed by atoms with Crippen molar-refractivity contribution in [3.63, 3.8) is 0 Å². The van der Waals surface area contributed by atoms with Crippen molar-refractivity contribution in [3.8, 4) is 5.75 Å². The maximum absolute atomic E-state index is 13.9. The van der Waals surface area contributed by atoms with Crippen molar-refractivity contribution < 1.29 is 31.9 Å². The molecule has 0 aliphatic heterocycles. The highest BCUT2D eigenvalue weighted by atomic mass is 19.4. The van der Waals surface area contributed by atoms with Gasteiger partial charge in [0.25, 0.3) is 0 Å². The SMILES string of the molecule is COC(=O)[C@H](CC(C)C)NC(c1ccc2c(c1)oc1ccc(OC)cc12)C(F)(F)F. The minimum Gasteiger partial charge on any atom is -0.497 e. The van der Waals surface area contributed by atoms with E-state index < -0.39 is 24.2 Å². The predicted molar refractivity (Wildman–Crippen MR) is 107 cm³/mol. The second-order valence-corrected chi connectivity index (χ2v) is 7.57. The first-order chi connectivity index (χ1) is 14.1. The molecule has 5 nitrogen and oxygen atoms in total. The molecule has 30 heavy (non-hydrogen) atoms. The van der Waals surface area contributed by atoms with Gasteiger partial charge in [-0.15, -0.1) is 0 Å². The molecule has 0 aliphatic carbocycles. The highest BCUT2D eigenvalue weighted by molar-refractivity contribution is 6.05. The fourth-order valence-electron chi connectivity index (χ4n) is 3.51. The Labute approximate surface area is 172 Å². The number of carbonyl (C=O) groups excluding carboxylic acids is 1. The Balaban J connectivity index is 2.03. The number of nitrogens with one attached hydrogen (secondary N) is 1. The number of hydrogen-bond donors (Lipinski definition) is 1. The van der Waals surface area contributed by atoms with Crippen LogP contribution in [0.1, 0.15) is 31.9 Å². The quantitative estimate of drug-likeness (QED) is 0.518. The number of halogens is 3. The number of esters is 1. The van der Waals surface area contributed by atoms with Gasteiger partial charge in [-0.25, -0.2) is 0 Å². The van der Waals surface area contributed by atoms with Crippen LogP contribution in [-0.2, 0) is 9.53 Å². The summed E-state index contributed by atoms with van der Waals surface area (Å²) in [6.45, 7) is 3.66. The minimum absolute atomic E-state index is 0.00307. The van der Waals surface area contributed by atoms with E-state index >= 15 is 0 Å².